The maximum atomic E-state index is 12.6. The number of esters is 1. The number of nitrogens with one attached hydrogen (secondary N) is 1. The van der Waals surface area contributed by atoms with Crippen LogP contribution >= 0.6 is 23.2 Å². The Labute approximate surface area is 179 Å². The van der Waals surface area contributed by atoms with E-state index in [4.69, 9.17) is 27.9 Å². The lowest BCUT2D eigenvalue weighted by molar-refractivity contribution is -0.114. The van der Waals surface area contributed by atoms with Crippen LogP contribution in [-0.4, -0.2) is 39.7 Å². The number of carbonyl (C=O) groups is 2. The van der Waals surface area contributed by atoms with E-state index in [1.165, 1.54) is 18.2 Å². The zero-order chi connectivity index (χ0) is 21.8. The molecule has 0 saturated heterocycles. The molecule has 0 bridgehead atoms. The van der Waals surface area contributed by atoms with Crippen molar-refractivity contribution in [2.45, 2.75) is 13.8 Å². The van der Waals surface area contributed by atoms with Crippen LogP contribution in [0, 0.1) is 6.92 Å². The van der Waals surface area contributed by atoms with Crippen LogP contribution in [0.25, 0.3) is 0 Å². The summed E-state index contributed by atoms with van der Waals surface area (Å²) in [6.07, 6.45) is 0.962. The van der Waals surface area contributed by atoms with Gasteiger partial charge in [-0.05, 0) is 43.7 Å². The van der Waals surface area contributed by atoms with E-state index in [9.17, 15) is 18.0 Å². The highest BCUT2D eigenvalue weighted by atomic mass is 35.5. The Bertz CT molecular complexity index is 1040. The van der Waals surface area contributed by atoms with Gasteiger partial charge in [0, 0.05) is 5.69 Å². The predicted molar refractivity (Wildman–Crippen MR) is 114 cm³/mol. The molecule has 0 aliphatic rings. The lowest BCUT2D eigenvalue weighted by atomic mass is 10.1. The fourth-order valence-electron chi connectivity index (χ4n) is 2.59. The Hall–Kier alpha value is -2.29. The Morgan fingerprint density at radius 1 is 1.14 bits per heavy atom. The molecule has 0 fully saturated rings. The number of nitrogens with zero attached hydrogens (tertiary/aromatic N) is 1. The van der Waals surface area contributed by atoms with Crippen molar-refractivity contribution in [1.82, 2.24) is 0 Å². The molecule has 0 atom stereocenters. The van der Waals surface area contributed by atoms with Gasteiger partial charge >= 0.3 is 5.97 Å². The molecule has 10 heteroatoms. The largest absolute Gasteiger partial charge is 0.462 e. The van der Waals surface area contributed by atoms with Gasteiger partial charge in [0.15, 0.2) is 0 Å². The third-order valence-corrected chi connectivity index (χ3v) is 5.93. The topological polar surface area (TPSA) is 92.8 Å². The van der Waals surface area contributed by atoms with E-state index in [0.29, 0.717) is 16.8 Å². The fourth-order valence-corrected chi connectivity index (χ4v) is 3.90. The van der Waals surface area contributed by atoms with Crippen molar-refractivity contribution in [3.63, 3.8) is 0 Å². The van der Waals surface area contributed by atoms with Gasteiger partial charge in [-0.2, -0.15) is 0 Å². The van der Waals surface area contributed by atoms with Crippen molar-refractivity contribution < 1.29 is 22.7 Å². The molecule has 0 unspecified atom stereocenters. The van der Waals surface area contributed by atoms with Gasteiger partial charge in [0.2, 0.25) is 15.9 Å². The first-order chi connectivity index (χ1) is 13.6. The van der Waals surface area contributed by atoms with E-state index in [1.807, 2.05) is 0 Å². The minimum atomic E-state index is -3.83. The van der Waals surface area contributed by atoms with Crippen LogP contribution in [0.4, 0.5) is 11.4 Å². The van der Waals surface area contributed by atoms with E-state index in [2.05, 4.69) is 5.32 Å². The molecule has 156 valence electrons. The number of ether oxygens (including phenoxy) is 1. The molecule has 2 aromatic carbocycles. The first kappa shape index (κ1) is 23.0. The molecule has 0 radical (unpaired) electrons. The summed E-state index contributed by atoms with van der Waals surface area (Å²) in [4.78, 5) is 24.6. The maximum absolute atomic E-state index is 12.6. The lowest BCUT2D eigenvalue weighted by Crippen LogP contribution is -2.37. The molecule has 0 aliphatic heterocycles. The van der Waals surface area contributed by atoms with Crippen LogP contribution in [0.3, 0.4) is 0 Å². The zero-order valence-electron chi connectivity index (χ0n) is 16.0. The quantitative estimate of drug-likeness (QED) is 0.635. The van der Waals surface area contributed by atoms with Crippen molar-refractivity contribution in [2.24, 2.45) is 0 Å². The third kappa shape index (κ3) is 5.62. The predicted octanol–water partition coefficient (Wildman–Crippen LogP) is 3.88. The van der Waals surface area contributed by atoms with Gasteiger partial charge in [-0.1, -0.05) is 35.3 Å². The molecule has 0 aliphatic carbocycles. The standard InChI is InChI=1S/C19H20Cl2N2O5S/c1-4-28-19(25)13-7-5-9-15(12(13)2)22-17(24)11-23(29(3,26)27)16-10-6-8-14(20)18(16)21/h5-10H,4,11H2,1-3H3,(H,22,24). The lowest BCUT2D eigenvalue weighted by Gasteiger charge is -2.23. The summed E-state index contributed by atoms with van der Waals surface area (Å²) in [5, 5.41) is 2.81. The van der Waals surface area contributed by atoms with E-state index < -0.39 is 28.4 Å². The Morgan fingerprint density at radius 3 is 2.41 bits per heavy atom. The number of hydrogen-bond donors (Lipinski definition) is 1. The van der Waals surface area contributed by atoms with E-state index in [1.54, 1.807) is 32.0 Å². The summed E-state index contributed by atoms with van der Waals surface area (Å²) >= 11 is 12.1. The monoisotopic (exact) mass is 458 g/mol. The number of sulfonamides is 1. The zero-order valence-corrected chi connectivity index (χ0v) is 18.4. The first-order valence-electron chi connectivity index (χ1n) is 8.54. The second-order valence-electron chi connectivity index (χ2n) is 6.09. The SMILES string of the molecule is CCOC(=O)c1cccc(NC(=O)CN(c2cccc(Cl)c2Cl)S(C)(=O)=O)c1C. The summed E-state index contributed by atoms with van der Waals surface area (Å²) in [6, 6.07) is 9.28. The summed E-state index contributed by atoms with van der Waals surface area (Å²) < 4.78 is 30.4. The smallest absolute Gasteiger partial charge is 0.338 e. The highest BCUT2D eigenvalue weighted by molar-refractivity contribution is 7.92. The minimum Gasteiger partial charge on any atom is -0.462 e. The number of carbonyl (C=O) groups excluding carboxylic acids is 2. The summed E-state index contributed by atoms with van der Waals surface area (Å²) in [5.41, 5.74) is 1.27. The number of amides is 1. The molecule has 2 aromatic rings. The maximum Gasteiger partial charge on any atom is 0.338 e. The van der Waals surface area contributed by atoms with E-state index >= 15 is 0 Å². The molecule has 0 saturated carbocycles. The van der Waals surface area contributed by atoms with Gasteiger partial charge in [-0.25, -0.2) is 13.2 Å². The van der Waals surface area contributed by atoms with E-state index in [-0.39, 0.29) is 22.3 Å². The van der Waals surface area contributed by atoms with Crippen LogP contribution < -0.4 is 9.62 Å². The average Bonchev–Trinajstić information content (AvgIpc) is 2.63. The highest BCUT2D eigenvalue weighted by Gasteiger charge is 2.24. The average molecular weight is 459 g/mol. The van der Waals surface area contributed by atoms with Gasteiger partial charge < -0.3 is 10.1 Å². The van der Waals surface area contributed by atoms with Gasteiger partial charge in [0.25, 0.3) is 0 Å². The number of rotatable bonds is 7. The third-order valence-electron chi connectivity index (χ3n) is 3.99. The number of anilines is 2. The van der Waals surface area contributed by atoms with Crippen molar-refractivity contribution >= 4 is 56.5 Å². The second-order valence-corrected chi connectivity index (χ2v) is 8.78. The Kier molecular flexibility index (Phi) is 7.51. The summed E-state index contributed by atoms with van der Waals surface area (Å²) in [6.45, 7) is 3.05. The van der Waals surface area contributed by atoms with Gasteiger partial charge in [0.05, 0.1) is 34.2 Å². The molecule has 0 spiro atoms. The van der Waals surface area contributed by atoms with Crippen molar-refractivity contribution in [3.05, 3.63) is 57.6 Å². The summed E-state index contributed by atoms with van der Waals surface area (Å²) in [7, 11) is -3.83. The minimum absolute atomic E-state index is 0.0212. The van der Waals surface area contributed by atoms with E-state index in [0.717, 1.165) is 10.6 Å². The Balaban J connectivity index is 2.29. The first-order valence-corrected chi connectivity index (χ1v) is 11.1. The molecule has 1 amide bonds. The van der Waals surface area contributed by atoms with Crippen molar-refractivity contribution in [1.29, 1.82) is 0 Å². The van der Waals surface area contributed by atoms with Crippen molar-refractivity contribution in [2.75, 3.05) is 29.0 Å². The number of hydrogen-bond acceptors (Lipinski definition) is 5. The Morgan fingerprint density at radius 2 is 1.79 bits per heavy atom. The normalized spacial score (nSPS) is 11.1. The molecule has 1 N–H and O–H groups in total. The second kappa shape index (κ2) is 9.47. The molecular formula is C19H20Cl2N2O5S. The number of halogens is 2. The summed E-state index contributed by atoms with van der Waals surface area (Å²) in [5.74, 6) is -1.12. The van der Waals surface area contributed by atoms with Gasteiger partial charge in [-0.15, -0.1) is 0 Å². The van der Waals surface area contributed by atoms with Crippen LogP contribution in [0.1, 0.15) is 22.8 Å². The van der Waals surface area contributed by atoms with Crippen LogP contribution in [0.5, 0.6) is 0 Å². The van der Waals surface area contributed by atoms with Crippen LogP contribution in [0.15, 0.2) is 36.4 Å². The van der Waals surface area contributed by atoms with Gasteiger partial charge in [-0.3, -0.25) is 9.10 Å². The molecule has 0 heterocycles. The molecular weight excluding hydrogens is 439 g/mol. The molecule has 29 heavy (non-hydrogen) atoms. The highest BCUT2D eigenvalue weighted by Crippen LogP contribution is 2.33. The molecule has 0 aromatic heterocycles. The molecule has 7 nitrogen and oxygen atoms in total. The fraction of sp³-hybridized carbons (Fsp3) is 0.263. The van der Waals surface area contributed by atoms with Crippen LogP contribution in [-0.2, 0) is 19.6 Å². The van der Waals surface area contributed by atoms with Crippen LogP contribution in [0.2, 0.25) is 10.0 Å². The number of benzene rings is 2. The van der Waals surface area contributed by atoms with Crippen molar-refractivity contribution in [3.8, 4) is 0 Å². The molecule has 2 rings (SSSR count). The van der Waals surface area contributed by atoms with Gasteiger partial charge in [0.1, 0.15) is 6.54 Å².